The van der Waals surface area contributed by atoms with E-state index in [1.165, 1.54) is 0 Å². The molecule has 1 heterocycles. The van der Waals surface area contributed by atoms with Crippen molar-refractivity contribution in [1.82, 2.24) is 9.80 Å². The van der Waals surface area contributed by atoms with E-state index in [1.807, 2.05) is 0 Å². The van der Waals surface area contributed by atoms with E-state index in [2.05, 4.69) is 0 Å². The number of rotatable bonds is 4. The maximum atomic E-state index is 12.3. The van der Waals surface area contributed by atoms with Gasteiger partial charge in [0.25, 0.3) is 0 Å². The molecule has 0 aliphatic carbocycles. The first kappa shape index (κ1) is 17.5. The van der Waals surface area contributed by atoms with Gasteiger partial charge < -0.3 is 14.9 Å². The summed E-state index contributed by atoms with van der Waals surface area (Å²) in [6.45, 7) is -2.39. The number of carbonyl (C=O) groups excluding carboxylic acids is 1. The highest BCUT2D eigenvalue weighted by molar-refractivity contribution is 7.91. The van der Waals surface area contributed by atoms with Gasteiger partial charge in [-0.3, -0.25) is 4.79 Å². The molecule has 0 aromatic rings. The van der Waals surface area contributed by atoms with Crippen LogP contribution in [-0.4, -0.2) is 79.2 Å². The molecule has 1 fully saturated rings. The van der Waals surface area contributed by atoms with Gasteiger partial charge in [0.2, 0.25) is 0 Å². The van der Waals surface area contributed by atoms with Crippen molar-refractivity contribution in [3.05, 3.63) is 0 Å². The van der Waals surface area contributed by atoms with Crippen molar-refractivity contribution in [3.8, 4) is 0 Å². The number of alkyl halides is 3. The first-order chi connectivity index (χ1) is 9.41. The summed E-state index contributed by atoms with van der Waals surface area (Å²) in [5.74, 6) is -2.08. The standard InChI is InChI=1S/C10H15F3N2O5S/c1-14(6-10(11,12)13)9(18)15(4-8(16)17)7-2-3-21(19,20)5-7/h7H,2-6H2,1H3,(H,16,17). The van der Waals surface area contributed by atoms with Crippen molar-refractivity contribution in [1.29, 1.82) is 0 Å². The molecule has 1 aliphatic heterocycles. The average Bonchev–Trinajstić information content (AvgIpc) is 2.63. The summed E-state index contributed by atoms with van der Waals surface area (Å²) in [6, 6.07) is -2.08. The molecule has 2 amide bonds. The molecule has 0 radical (unpaired) electrons. The minimum absolute atomic E-state index is 0.0151. The zero-order chi connectivity index (χ0) is 16.4. The van der Waals surface area contributed by atoms with Crippen LogP contribution in [0.15, 0.2) is 0 Å². The predicted octanol–water partition coefficient (Wildman–Crippen LogP) is 0.174. The van der Waals surface area contributed by atoms with Crippen LogP contribution in [0.2, 0.25) is 0 Å². The third-order valence-electron chi connectivity index (χ3n) is 2.94. The summed E-state index contributed by atoms with van der Waals surface area (Å²) in [5.41, 5.74) is 0. The molecule has 0 aromatic carbocycles. The third kappa shape index (κ3) is 5.40. The molecule has 1 N–H and O–H groups in total. The van der Waals surface area contributed by atoms with Crippen LogP contribution in [0.25, 0.3) is 0 Å². The van der Waals surface area contributed by atoms with Crippen LogP contribution in [0.5, 0.6) is 0 Å². The van der Waals surface area contributed by atoms with E-state index < -0.39 is 52.9 Å². The molecule has 21 heavy (non-hydrogen) atoms. The van der Waals surface area contributed by atoms with Gasteiger partial charge in [0.15, 0.2) is 9.84 Å². The normalized spacial score (nSPS) is 21.0. The van der Waals surface area contributed by atoms with Crippen LogP contribution in [0, 0.1) is 0 Å². The van der Waals surface area contributed by atoms with E-state index in [0.717, 1.165) is 7.05 Å². The second-order valence-corrected chi connectivity index (χ2v) is 7.06. The van der Waals surface area contributed by atoms with Crippen LogP contribution in [0.4, 0.5) is 18.0 Å². The van der Waals surface area contributed by atoms with Crippen LogP contribution in [0.1, 0.15) is 6.42 Å². The molecule has 1 atom stereocenters. The lowest BCUT2D eigenvalue weighted by molar-refractivity contribution is -0.140. The van der Waals surface area contributed by atoms with E-state index >= 15 is 0 Å². The summed E-state index contributed by atoms with van der Waals surface area (Å²) in [5, 5.41) is 8.75. The van der Waals surface area contributed by atoms with Crippen molar-refractivity contribution >= 4 is 21.8 Å². The monoisotopic (exact) mass is 332 g/mol. The molecule has 1 rings (SSSR count). The summed E-state index contributed by atoms with van der Waals surface area (Å²) in [7, 11) is -2.52. The van der Waals surface area contributed by atoms with Gasteiger partial charge >= 0.3 is 18.2 Å². The van der Waals surface area contributed by atoms with Crippen molar-refractivity contribution in [2.24, 2.45) is 0 Å². The summed E-state index contributed by atoms with van der Waals surface area (Å²) < 4.78 is 59.6. The van der Waals surface area contributed by atoms with Gasteiger partial charge in [0.1, 0.15) is 13.1 Å². The van der Waals surface area contributed by atoms with E-state index in [9.17, 15) is 31.2 Å². The Kier molecular flexibility index (Phi) is 5.07. The molecule has 1 aliphatic rings. The minimum Gasteiger partial charge on any atom is -0.480 e. The molecule has 122 valence electrons. The highest BCUT2D eigenvalue weighted by Crippen LogP contribution is 2.21. The van der Waals surface area contributed by atoms with E-state index in [4.69, 9.17) is 5.11 Å². The zero-order valence-electron chi connectivity index (χ0n) is 11.1. The minimum atomic E-state index is -4.62. The molecule has 0 saturated carbocycles. The van der Waals surface area contributed by atoms with Gasteiger partial charge in [-0.1, -0.05) is 0 Å². The Morgan fingerprint density at radius 1 is 1.33 bits per heavy atom. The number of nitrogens with zero attached hydrogens (tertiary/aromatic N) is 2. The largest absolute Gasteiger partial charge is 0.480 e. The molecular formula is C10H15F3N2O5S. The van der Waals surface area contributed by atoms with Gasteiger partial charge in [-0.25, -0.2) is 13.2 Å². The second kappa shape index (κ2) is 6.08. The lowest BCUT2D eigenvalue weighted by Gasteiger charge is -2.31. The first-order valence-electron chi connectivity index (χ1n) is 5.92. The number of amides is 2. The predicted molar refractivity (Wildman–Crippen MR) is 65.5 cm³/mol. The summed E-state index contributed by atoms with van der Waals surface area (Å²) >= 11 is 0. The van der Waals surface area contributed by atoms with Crippen LogP contribution in [0.3, 0.4) is 0 Å². The Morgan fingerprint density at radius 3 is 2.29 bits per heavy atom. The maximum Gasteiger partial charge on any atom is 0.406 e. The highest BCUT2D eigenvalue weighted by atomic mass is 32.2. The molecule has 0 spiro atoms. The second-order valence-electron chi connectivity index (χ2n) is 4.83. The van der Waals surface area contributed by atoms with Crippen molar-refractivity contribution in [2.45, 2.75) is 18.6 Å². The summed E-state index contributed by atoms with van der Waals surface area (Å²) in [6.07, 6.45) is -4.61. The van der Waals surface area contributed by atoms with Gasteiger partial charge in [-0.2, -0.15) is 13.2 Å². The lowest BCUT2D eigenvalue weighted by atomic mass is 10.2. The van der Waals surface area contributed by atoms with E-state index in [0.29, 0.717) is 9.80 Å². The summed E-state index contributed by atoms with van der Waals surface area (Å²) in [4.78, 5) is 23.7. The Morgan fingerprint density at radius 2 is 1.90 bits per heavy atom. The quantitative estimate of drug-likeness (QED) is 0.792. The fraction of sp³-hybridized carbons (Fsp3) is 0.800. The molecule has 1 saturated heterocycles. The van der Waals surface area contributed by atoms with Gasteiger partial charge in [0, 0.05) is 13.1 Å². The van der Waals surface area contributed by atoms with Crippen LogP contribution >= 0.6 is 0 Å². The van der Waals surface area contributed by atoms with Gasteiger partial charge in [-0.05, 0) is 6.42 Å². The Hall–Kier alpha value is -1.52. The number of aliphatic carboxylic acids is 1. The number of carboxylic acids is 1. The smallest absolute Gasteiger partial charge is 0.406 e. The Balaban J connectivity index is 2.87. The lowest BCUT2D eigenvalue weighted by Crippen LogP contribution is -2.51. The van der Waals surface area contributed by atoms with E-state index in [-0.39, 0.29) is 12.2 Å². The molecule has 0 bridgehead atoms. The molecule has 11 heteroatoms. The van der Waals surface area contributed by atoms with E-state index in [1.54, 1.807) is 0 Å². The number of urea groups is 1. The number of hydrogen-bond acceptors (Lipinski definition) is 4. The number of sulfone groups is 1. The van der Waals surface area contributed by atoms with Crippen LogP contribution < -0.4 is 0 Å². The third-order valence-corrected chi connectivity index (χ3v) is 4.69. The number of halogens is 3. The topological polar surface area (TPSA) is 95.0 Å². The molecule has 1 unspecified atom stereocenters. The average molecular weight is 332 g/mol. The molecular weight excluding hydrogens is 317 g/mol. The fourth-order valence-corrected chi connectivity index (χ4v) is 3.81. The maximum absolute atomic E-state index is 12.3. The SMILES string of the molecule is CN(CC(F)(F)F)C(=O)N(CC(=O)O)C1CCS(=O)(=O)C1. The Labute approximate surface area is 119 Å². The first-order valence-corrected chi connectivity index (χ1v) is 7.74. The molecule has 7 nitrogen and oxygen atoms in total. The van der Waals surface area contributed by atoms with Crippen molar-refractivity contribution < 1.29 is 36.3 Å². The van der Waals surface area contributed by atoms with Gasteiger partial charge in [0.05, 0.1) is 11.5 Å². The van der Waals surface area contributed by atoms with Crippen molar-refractivity contribution in [3.63, 3.8) is 0 Å². The molecule has 0 aromatic heterocycles. The highest BCUT2D eigenvalue weighted by Gasteiger charge is 2.39. The van der Waals surface area contributed by atoms with Crippen molar-refractivity contribution in [2.75, 3.05) is 31.6 Å². The number of hydrogen-bond donors (Lipinski definition) is 1. The zero-order valence-corrected chi connectivity index (χ0v) is 11.9. The van der Waals surface area contributed by atoms with Gasteiger partial charge in [-0.15, -0.1) is 0 Å². The Bertz CT molecular complexity index is 519. The fourth-order valence-electron chi connectivity index (χ4n) is 2.08. The number of carboxylic acid groups (broad SMARTS) is 1. The number of carbonyl (C=O) groups is 2. The van der Waals surface area contributed by atoms with Crippen LogP contribution in [-0.2, 0) is 14.6 Å².